The van der Waals surface area contributed by atoms with E-state index in [1.165, 1.54) is 5.56 Å². The molecule has 130 valence electrons. The molecule has 0 aromatic heterocycles. The van der Waals surface area contributed by atoms with E-state index in [0.29, 0.717) is 19.1 Å². The highest BCUT2D eigenvalue weighted by atomic mass is 16.5. The van der Waals surface area contributed by atoms with E-state index in [-0.39, 0.29) is 23.7 Å². The van der Waals surface area contributed by atoms with Crippen LogP contribution in [0.5, 0.6) is 5.75 Å². The number of carbonyl (C=O) groups excluding carboxylic acids is 2. The smallest absolute Gasteiger partial charge is 0.310 e. The van der Waals surface area contributed by atoms with Gasteiger partial charge < -0.3 is 14.4 Å². The van der Waals surface area contributed by atoms with Crippen molar-refractivity contribution in [3.63, 3.8) is 0 Å². The van der Waals surface area contributed by atoms with Crippen LogP contribution in [0.4, 0.5) is 0 Å². The van der Waals surface area contributed by atoms with E-state index >= 15 is 0 Å². The van der Waals surface area contributed by atoms with E-state index in [9.17, 15) is 9.59 Å². The van der Waals surface area contributed by atoms with Gasteiger partial charge in [-0.3, -0.25) is 9.59 Å². The molecule has 1 amide bonds. The number of likely N-dealkylation sites (tertiary alicyclic amines) is 1. The van der Waals surface area contributed by atoms with Crippen molar-refractivity contribution in [3.05, 3.63) is 29.8 Å². The summed E-state index contributed by atoms with van der Waals surface area (Å²) in [5.74, 6) is 1.03. The number of benzene rings is 1. The first-order chi connectivity index (χ1) is 11.6. The third-order valence-electron chi connectivity index (χ3n) is 5.00. The SMILES string of the molecule is CCOC(=O)C1CCCN(C(=O)C2CC2c2ccc(OC)cc2)C1. The first-order valence-corrected chi connectivity index (χ1v) is 8.73. The lowest BCUT2D eigenvalue weighted by molar-refractivity contribution is -0.151. The second kappa shape index (κ2) is 7.24. The average molecular weight is 331 g/mol. The number of rotatable bonds is 5. The van der Waals surface area contributed by atoms with Crippen LogP contribution in [-0.2, 0) is 14.3 Å². The van der Waals surface area contributed by atoms with Crippen molar-refractivity contribution >= 4 is 11.9 Å². The lowest BCUT2D eigenvalue weighted by Gasteiger charge is -2.31. The van der Waals surface area contributed by atoms with Crippen molar-refractivity contribution in [3.8, 4) is 5.75 Å². The van der Waals surface area contributed by atoms with Crippen LogP contribution in [0.2, 0.25) is 0 Å². The van der Waals surface area contributed by atoms with Crippen LogP contribution in [0.1, 0.15) is 37.7 Å². The Morgan fingerprint density at radius 3 is 2.67 bits per heavy atom. The van der Waals surface area contributed by atoms with Crippen LogP contribution < -0.4 is 4.74 Å². The van der Waals surface area contributed by atoms with E-state index < -0.39 is 0 Å². The predicted octanol–water partition coefficient (Wildman–Crippen LogP) is 2.60. The van der Waals surface area contributed by atoms with Crippen LogP contribution in [-0.4, -0.2) is 43.6 Å². The van der Waals surface area contributed by atoms with Gasteiger partial charge in [-0.15, -0.1) is 0 Å². The largest absolute Gasteiger partial charge is 0.497 e. The molecule has 5 heteroatoms. The molecule has 0 N–H and O–H groups in total. The predicted molar refractivity (Wildman–Crippen MR) is 89.8 cm³/mol. The third kappa shape index (κ3) is 3.55. The Kier molecular flexibility index (Phi) is 5.07. The molecular weight excluding hydrogens is 306 g/mol. The quantitative estimate of drug-likeness (QED) is 0.778. The van der Waals surface area contributed by atoms with Crippen molar-refractivity contribution in [2.45, 2.75) is 32.1 Å². The molecule has 0 bridgehead atoms. The maximum atomic E-state index is 12.7. The molecule has 2 aliphatic rings. The molecule has 2 fully saturated rings. The molecule has 1 aromatic carbocycles. The van der Waals surface area contributed by atoms with Crippen molar-refractivity contribution in [2.24, 2.45) is 11.8 Å². The number of hydrogen-bond acceptors (Lipinski definition) is 4. The van der Waals surface area contributed by atoms with E-state index in [1.807, 2.05) is 36.1 Å². The minimum absolute atomic E-state index is 0.0549. The van der Waals surface area contributed by atoms with Gasteiger partial charge in [-0.05, 0) is 49.8 Å². The van der Waals surface area contributed by atoms with Gasteiger partial charge in [-0.1, -0.05) is 12.1 Å². The number of methoxy groups -OCH3 is 1. The fraction of sp³-hybridized carbons (Fsp3) is 0.579. The van der Waals surface area contributed by atoms with Crippen LogP contribution in [0.3, 0.4) is 0 Å². The molecule has 0 spiro atoms. The highest BCUT2D eigenvalue weighted by Gasteiger charge is 2.46. The Morgan fingerprint density at radius 2 is 2.00 bits per heavy atom. The zero-order chi connectivity index (χ0) is 17.1. The molecule has 3 unspecified atom stereocenters. The van der Waals surface area contributed by atoms with E-state index in [0.717, 1.165) is 31.6 Å². The Hall–Kier alpha value is -2.04. The highest BCUT2D eigenvalue weighted by molar-refractivity contribution is 5.84. The Balaban J connectivity index is 1.58. The summed E-state index contributed by atoms with van der Waals surface area (Å²) in [4.78, 5) is 26.5. The standard InChI is InChI=1S/C19H25NO4/c1-3-24-19(22)14-5-4-10-20(12-14)18(21)17-11-16(17)13-6-8-15(23-2)9-7-13/h6-9,14,16-17H,3-5,10-12H2,1-2H3. The number of carbonyl (C=O) groups is 2. The first kappa shape index (κ1) is 16.8. The second-order valence-corrected chi connectivity index (χ2v) is 6.60. The van der Waals surface area contributed by atoms with Crippen molar-refractivity contribution < 1.29 is 19.1 Å². The monoisotopic (exact) mass is 331 g/mol. The summed E-state index contributed by atoms with van der Waals surface area (Å²) in [6, 6.07) is 7.95. The fourth-order valence-corrected chi connectivity index (χ4v) is 3.55. The summed E-state index contributed by atoms with van der Waals surface area (Å²) in [5.41, 5.74) is 1.19. The lowest BCUT2D eigenvalue weighted by atomic mass is 9.97. The van der Waals surface area contributed by atoms with Gasteiger partial charge in [0.25, 0.3) is 0 Å². The van der Waals surface area contributed by atoms with Crippen LogP contribution in [0, 0.1) is 11.8 Å². The van der Waals surface area contributed by atoms with Crippen LogP contribution in [0.25, 0.3) is 0 Å². The Morgan fingerprint density at radius 1 is 1.25 bits per heavy atom. The number of esters is 1. The summed E-state index contributed by atoms with van der Waals surface area (Å²) in [6.45, 7) is 3.46. The normalized spacial score (nSPS) is 25.9. The number of amides is 1. The third-order valence-corrected chi connectivity index (χ3v) is 5.00. The van der Waals surface area contributed by atoms with Gasteiger partial charge >= 0.3 is 5.97 Å². The minimum Gasteiger partial charge on any atom is -0.497 e. The summed E-state index contributed by atoms with van der Waals surface area (Å²) in [7, 11) is 1.65. The molecule has 5 nitrogen and oxygen atoms in total. The van der Waals surface area contributed by atoms with Crippen molar-refractivity contribution in [1.29, 1.82) is 0 Å². The van der Waals surface area contributed by atoms with Gasteiger partial charge in [0.2, 0.25) is 5.91 Å². The van der Waals surface area contributed by atoms with Gasteiger partial charge in [0.1, 0.15) is 5.75 Å². The molecular formula is C19H25NO4. The Labute approximate surface area is 142 Å². The second-order valence-electron chi connectivity index (χ2n) is 6.60. The minimum atomic E-state index is -0.169. The van der Waals surface area contributed by atoms with Crippen LogP contribution >= 0.6 is 0 Å². The topological polar surface area (TPSA) is 55.8 Å². The molecule has 1 heterocycles. The molecule has 1 saturated carbocycles. The maximum absolute atomic E-state index is 12.7. The van der Waals surface area contributed by atoms with E-state index in [1.54, 1.807) is 7.11 Å². The zero-order valence-electron chi connectivity index (χ0n) is 14.4. The number of ether oxygens (including phenoxy) is 2. The molecule has 1 aliphatic carbocycles. The van der Waals surface area contributed by atoms with Crippen molar-refractivity contribution in [1.82, 2.24) is 4.90 Å². The number of nitrogens with zero attached hydrogens (tertiary/aromatic N) is 1. The highest BCUT2D eigenvalue weighted by Crippen LogP contribution is 2.49. The molecule has 3 rings (SSSR count). The van der Waals surface area contributed by atoms with Gasteiger partial charge in [-0.25, -0.2) is 0 Å². The van der Waals surface area contributed by atoms with E-state index in [2.05, 4.69) is 0 Å². The van der Waals surface area contributed by atoms with Gasteiger partial charge in [0, 0.05) is 19.0 Å². The van der Waals surface area contributed by atoms with Gasteiger partial charge in [0.15, 0.2) is 0 Å². The van der Waals surface area contributed by atoms with Crippen molar-refractivity contribution in [2.75, 3.05) is 26.8 Å². The first-order valence-electron chi connectivity index (χ1n) is 8.73. The lowest BCUT2D eigenvalue weighted by Crippen LogP contribution is -2.43. The molecule has 3 atom stereocenters. The van der Waals surface area contributed by atoms with Crippen LogP contribution in [0.15, 0.2) is 24.3 Å². The van der Waals surface area contributed by atoms with Gasteiger partial charge in [-0.2, -0.15) is 0 Å². The molecule has 1 saturated heterocycles. The van der Waals surface area contributed by atoms with E-state index in [4.69, 9.17) is 9.47 Å². The Bertz CT molecular complexity index is 598. The zero-order valence-corrected chi connectivity index (χ0v) is 14.4. The molecule has 24 heavy (non-hydrogen) atoms. The summed E-state index contributed by atoms with van der Waals surface area (Å²) >= 11 is 0. The summed E-state index contributed by atoms with van der Waals surface area (Å²) in [5, 5.41) is 0. The number of piperidine rings is 1. The average Bonchev–Trinajstić information content (AvgIpc) is 3.42. The fourth-order valence-electron chi connectivity index (χ4n) is 3.55. The van der Waals surface area contributed by atoms with Gasteiger partial charge in [0.05, 0.1) is 19.6 Å². The summed E-state index contributed by atoms with van der Waals surface area (Å²) < 4.78 is 10.3. The molecule has 1 aliphatic heterocycles. The molecule has 1 aromatic rings. The number of hydrogen-bond donors (Lipinski definition) is 0. The molecule has 0 radical (unpaired) electrons. The summed E-state index contributed by atoms with van der Waals surface area (Å²) in [6.07, 6.45) is 2.58. The maximum Gasteiger partial charge on any atom is 0.310 e.